The first kappa shape index (κ1) is 104. The van der Waals surface area contributed by atoms with Crippen molar-refractivity contribution in [1.29, 1.82) is 0 Å². The van der Waals surface area contributed by atoms with Gasteiger partial charge in [-0.25, -0.2) is 20.0 Å². The predicted octanol–water partition coefficient (Wildman–Crippen LogP) is 30.3. The molecule has 5 heterocycles. The maximum atomic E-state index is 6.81. The summed E-state index contributed by atoms with van der Waals surface area (Å²) < 4.78 is 32.5. The second-order valence-corrected chi connectivity index (χ2v) is 38.7. The summed E-state index contributed by atoms with van der Waals surface area (Å²) in [5.41, 5.74) is 14.2. The summed E-state index contributed by atoms with van der Waals surface area (Å²) in [5, 5.41) is 0. The summed E-state index contributed by atoms with van der Waals surface area (Å²) in [7, 11) is 0. The van der Waals surface area contributed by atoms with Gasteiger partial charge in [-0.05, 0) is 299 Å². The molecule has 12 nitrogen and oxygen atoms in total. The fourth-order valence-corrected chi connectivity index (χ4v) is 20.2. The lowest BCUT2D eigenvalue weighted by atomic mass is 9.98. The zero-order chi connectivity index (χ0) is 90.6. The van der Waals surface area contributed by atoms with E-state index in [2.05, 4.69) is 229 Å². The molecule has 0 saturated carbocycles. The maximum absolute atomic E-state index is 6.81. The van der Waals surface area contributed by atoms with E-state index in [1.165, 1.54) is 328 Å². The molecule has 704 valence electrons. The number of ether oxygens (including phenoxy) is 4. The molecule has 0 spiro atoms. The van der Waals surface area contributed by atoms with E-state index >= 15 is 0 Å². The average molecular weight is 1750 g/mol. The quantitative estimate of drug-likeness (QED) is 0.0326. The van der Waals surface area contributed by atoms with Crippen molar-refractivity contribution in [3.8, 4) is 23.0 Å². The zero-order valence-electron chi connectivity index (χ0n) is 83.5. The molecule has 0 radical (unpaired) electrons. The zero-order valence-corrected chi connectivity index (χ0v) is 83.5. The molecule has 0 aromatic heterocycles. The van der Waals surface area contributed by atoms with Crippen LogP contribution in [0.1, 0.15) is 362 Å². The minimum atomic E-state index is 0.662. The van der Waals surface area contributed by atoms with Gasteiger partial charge in [0.05, 0.1) is 177 Å². The molecular formula is C116H180N8O4+4. The van der Waals surface area contributed by atoms with E-state index in [1.807, 2.05) is 0 Å². The normalized spacial score (nSPS) is 14.7. The van der Waals surface area contributed by atoms with Gasteiger partial charge in [-0.15, -0.1) is 0 Å². The third-order valence-electron chi connectivity index (χ3n) is 28.1. The Balaban J connectivity index is 1.07. The number of hydrogen-bond acceptors (Lipinski definition) is 8. The Hall–Kier alpha value is -7.48. The summed E-state index contributed by atoms with van der Waals surface area (Å²) in [4.78, 5) is 23.2. The highest BCUT2D eigenvalue weighted by molar-refractivity contribution is 6.39. The molecule has 4 aromatic rings. The molecule has 5 aliphatic rings. The highest BCUT2D eigenvalue weighted by Crippen LogP contribution is 2.41. The van der Waals surface area contributed by atoms with Crippen LogP contribution in [0.25, 0.3) is 22.3 Å². The minimum Gasteiger partial charge on any atom is -0.494 e. The number of allylic oxidation sites excluding steroid dienone is 12. The van der Waals surface area contributed by atoms with Crippen LogP contribution in [0.2, 0.25) is 0 Å². The van der Waals surface area contributed by atoms with E-state index in [0.717, 1.165) is 165 Å². The van der Waals surface area contributed by atoms with Crippen molar-refractivity contribution in [3.63, 3.8) is 0 Å². The van der Waals surface area contributed by atoms with Gasteiger partial charge in [-0.3, -0.25) is 0 Å². The first-order chi connectivity index (χ1) is 62.8. The SMILES string of the molecule is CCCC[N+](CCCC)(CCCC)CCCCCCOc1cccc(C2=C3C=CC(=N3)C(c3cccc(OCCCCCC[N+](CCCC)(CCCC)CCCC)c3)=C3C=CC(=N3)C(c3cccc(OCCCCCC[N+](CCCC)(CCCC)CCCC)c3)=C3C=CC(=N3)C(c3cccc(OCCCCCC[N+](CCCC)(CCCC)CCCC)c3)=C3C=CC2=N3)c1. The minimum absolute atomic E-state index is 0.662. The number of benzene rings is 4. The van der Waals surface area contributed by atoms with Gasteiger partial charge in [-0.1, -0.05) is 209 Å². The lowest BCUT2D eigenvalue weighted by Crippen LogP contribution is -2.50. The van der Waals surface area contributed by atoms with Crippen molar-refractivity contribution in [2.75, 3.05) is 131 Å². The second-order valence-electron chi connectivity index (χ2n) is 38.7. The highest BCUT2D eigenvalue weighted by Gasteiger charge is 2.33. The largest absolute Gasteiger partial charge is 0.494 e. The summed E-state index contributed by atoms with van der Waals surface area (Å²) in [6.07, 6.45) is 67.3. The molecular weight excluding hydrogens is 1570 g/mol. The summed E-state index contributed by atoms with van der Waals surface area (Å²) >= 11 is 0. The topological polar surface area (TPSA) is 86.4 Å². The van der Waals surface area contributed by atoms with Crippen LogP contribution < -0.4 is 18.9 Å². The van der Waals surface area contributed by atoms with Crippen LogP contribution in [-0.4, -0.2) is 172 Å². The van der Waals surface area contributed by atoms with E-state index in [-0.39, 0.29) is 0 Å². The number of fused-ring (bicyclic) bond motifs is 4. The molecule has 0 amide bonds. The molecule has 0 saturated heterocycles. The van der Waals surface area contributed by atoms with Crippen molar-refractivity contribution >= 4 is 45.1 Å². The van der Waals surface area contributed by atoms with Crippen molar-refractivity contribution < 1.29 is 36.9 Å². The maximum Gasteiger partial charge on any atom is 0.119 e. The molecule has 0 aliphatic carbocycles. The molecule has 5 aliphatic heterocycles. The third-order valence-corrected chi connectivity index (χ3v) is 28.1. The molecule has 0 unspecified atom stereocenters. The number of nitrogens with zero attached hydrogens (tertiary/aromatic N) is 8. The smallest absolute Gasteiger partial charge is 0.119 e. The van der Waals surface area contributed by atoms with E-state index in [1.54, 1.807) is 0 Å². The molecule has 12 heteroatoms. The highest BCUT2D eigenvalue weighted by atomic mass is 16.5. The molecule has 128 heavy (non-hydrogen) atoms. The van der Waals surface area contributed by atoms with Gasteiger partial charge in [0.2, 0.25) is 0 Å². The van der Waals surface area contributed by atoms with Gasteiger partial charge in [0.1, 0.15) is 23.0 Å². The molecule has 0 N–H and O–H groups in total. The summed E-state index contributed by atoms with van der Waals surface area (Å²) in [6, 6.07) is 34.7. The Kier molecular flexibility index (Phi) is 48.1. The van der Waals surface area contributed by atoms with Crippen LogP contribution in [0.3, 0.4) is 0 Å². The number of unbranched alkanes of at least 4 members (excludes halogenated alkanes) is 24. The van der Waals surface area contributed by atoms with Crippen LogP contribution in [0.15, 0.2) is 188 Å². The predicted molar refractivity (Wildman–Crippen MR) is 553 cm³/mol. The Morgan fingerprint density at radius 3 is 0.523 bits per heavy atom. The molecule has 0 atom stereocenters. The molecule has 0 fully saturated rings. The van der Waals surface area contributed by atoms with E-state index in [9.17, 15) is 0 Å². The Morgan fingerprint density at radius 2 is 0.352 bits per heavy atom. The molecule has 4 aromatic carbocycles. The van der Waals surface area contributed by atoms with Gasteiger partial charge in [-0.2, -0.15) is 0 Å². The standard InChI is InChI=1S/C116H180N8O4/c1-13-25-73-121(74-26-14-2,75-27-15-3)85-45-37-41-49-89-125-101-61-53-57-97(93-101)113-105-65-67-107(117-105)114(98-58-54-62-102(94-98)126-90-50-42-38-46-86-122(76-28-16-4,77-29-17-5)78-30-18-6)109-69-71-111(119-109)116(100-60-56-64-104(96-100)128-92-52-44-40-48-88-124(82-34-22-10,83-35-23-11)84-36-24-12)112-72-70-110(120-112)115(108-68-66-106(113)118-108)99-59-55-63-103(95-99)127-91-51-43-39-47-87-123(79-31-19-7,80-32-20-8)81-33-21-9/h53-72,93-96H,13-52,73-92H2,1-12H3/q+4. The van der Waals surface area contributed by atoms with Crippen molar-refractivity contribution in [1.82, 2.24) is 0 Å². The monoisotopic (exact) mass is 1750 g/mol. The van der Waals surface area contributed by atoms with Crippen LogP contribution in [0.4, 0.5) is 0 Å². The van der Waals surface area contributed by atoms with E-state index in [4.69, 9.17) is 38.9 Å². The van der Waals surface area contributed by atoms with Crippen molar-refractivity contribution in [2.45, 2.75) is 340 Å². The van der Waals surface area contributed by atoms with Gasteiger partial charge in [0.25, 0.3) is 0 Å². The average Bonchev–Trinajstić information content (AvgIpc) is 1.61. The Labute approximate surface area is 782 Å². The molecule has 9 rings (SSSR count). The van der Waals surface area contributed by atoms with Crippen LogP contribution in [0.5, 0.6) is 23.0 Å². The first-order valence-electron chi connectivity index (χ1n) is 53.2. The van der Waals surface area contributed by atoms with Crippen LogP contribution in [0, 0.1) is 0 Å². The number of aliphatic imine (C=N–C) groups is 4. The Morgan fingerprint density at radius 1 is 0.188 bits per heavy atom. The van der Waals surface area contributed by atoms with E-state index < -0.39 is 0 Å². The molecule has 8 bridgehead atoms. The lowest BCUT2D eigenvalue weighted by molar-refractivity contribution is -0.929. The van der Waals surface area contributed by atoms with Crippen molar-refractivity contribution in [2.24, 2.45) is 20.0 Å². The van der Waals surface area contributed by atoms with Gasteiger partial charge >= 0.3 is 0 Å². The van der Waals surface area contributed by atoms with E-state index in [0.29, 0.717) is 26.4 Å². The first-order valence-corrected chi connectivity index (χ1v) is 53.2. The fraction of sp³-hybridized carbons (Fsp3) is 0.621. The van der Waals surface area contributed by atoms with Crippen LogP contribution in [-0.2, 0) is 0 Å². The second kappa shape index (κ2) is 59.1. The number of rotatable bonds is 72. The lowest BCUT2D eigenvalue weighted by Gasteiger charge is -2.39. The van der Waals surface area contributed by atoms with Crippen molar-refractivity contribution in [3.05, 3.63) is 191 Å². The van der Waals surface area contributed by atoms with Gasteiger partial charge in [0.15, 0.2) is 0 Å². The third kappa shape index (κ3) is 33.7. The van der Waals surface area contributed by atoms with Gasteiger partial charge < -0.3 is 36.9 Å². The summed E-state index contributed by atoms with van der Waals surface area (Å²) in [5.74, 6) is 3.39. The fourth-order valence-electron chi connectivity index (χ4n) is 20.2. The van der Waals surface area contributed by atoms with Crippen LogP contribution >= 0.6 is 0 Å². The summed E-state index contributed by atoms with van der Waals surface area (Å²) in [6.45, 7) is 52.0. The number of quaternary nitrogens is 4. The Bertz CT molecular complexity index is 3680. The number of hydrogen-bond donors (Lipinski definition) is 0. The van der Waals surface area contributed by atoms with Gasteiger partial charge in [0, 0.05) is 22.3 Å².